The van der Waals surface area contributed by atoms with Crippen LogP contribution in [-0.4, -0.2) is 54.9 Å². The molecule has 2 aromatic carbocycles. The molecule has 1 N–H and O–H groups in total. The summed E-state index contributed by atoms with van der Waals surface area (Å²) in [6.45, 7) is 4.69. The van der Waals surface area contributed by atoms with Gasteiger partial charge in [0.2, 0.25) is 21.8 Å². The smallest absolute Gasteiger partial charge is 0.271 e. The van der Waals surface area contributed by atoms with Crippen molar-refractivity contribution in [1.82, 2.24) is 10.2 Å². The van der Waals surface area contributed by atoms with E-state index in [-0.39, 0.29) is 29.9 Å². The number of nitro benzene ring substituents is 1. The molecule has 0 saturated heterocycles. The Labute approximate surface area is 210 Å². The topological polar surface area (TPSA) is 130 Å². The van der Waals surface area contributed by atoms with Crippen LogP contribution in [0.2, 0.25) is 5.02 Å². The van der Waals surface area contributed by atoms with E-state index in [2.05, 4.69) is 5.32 Å². The van der Waals surface area contributed by atoms with Crippen molar-refractivity contribution in [3.63, 3.8) is 0 Å². The third-order valence-corrected chi connectivity index (χ3v) is 6.83. The number of sulfonamides is 1. The molecular formula is C23H29ClN4O6S. The Morgan fingerprint density at radius 3 is 2.31 bits per heavy atom. The van der Waals surface area contributed by atoms with E-state index in [4.69, 9.17) is 11.6 Å². The lowest BCUT2D eigenvalue weighted by atomic mass is 10.1. The second kappa shape index (κ2) is 12.0. The SMILES string of the molecule is CC[C@H](C)NC(=O)[C@H](C)N(Cc1ccc(Cl)cc1)C(=O)CN(c1cccc([N+](=O)[O-])c1)S(C)(=O)=O. The van der Waals surface area contributed by atoms with Gasteiger partial charge in [-0.15, -0.1) is 0 Å². The fourth-order valence-electron chi connectivity index (χ4n) is 3.21. The molecule has 0 aliphatic carbocycles. The average molecular weight is 525 g/mol. The second-order valence-electron chi connectivity index (χ2n) is 8.19. The summed E-state index contributed by atoms with van der Waals surface area (Å²) in [6, 6.07) is 10.7. The zero-order valence-corrected chi connectivity index (χ0v) is 21.5. The molecule has 0 heterocycles. The number of hydrogen-bond acceptors (Lipinski definition) is 6. The van der Waals surface area contributed by atoms with Gasteiger partial charge in [-0.1, -0.05) is 36.7 Å². The van der Waals surface area contributed by atoms with Gasteiger partial charge in [-0.2, -0.15) is 0 Å². The number of anilines is 1. The summed E-state index contributed by atoms with van der Waals surface area (Å²) >= 11 is 5.95. The highest BCUT2D eigenvalue weighted by Crippen LogP contribution is 2.24. The number of hydrogen-bond donors (Lipinski definition) is 1. The molecule has 2 amide bonds. The monoisotopic (exact) mass is 524 g/mol. The van der Waals surface area contributed by atoms with E-state index in [0.29, 0.717) is 17.0 Å². The molecule has 0 bridgehead atoms. The van der Waals surface area contributed by atoms with Gasteiger partial charge >= 0.3 is 0 Å². The number of amides is 2. The molecule has 35 heavy (non-hydrogen) atoms. The van der Waals surface area contributed by atoms with E-state index in [9.17, 15) is 28.1 Å². The Morgan fingerprint density at radius 2 is 1.77 bits per heavy atom. The first-order valence-electron chi connectivity index (χ1n) is 10.9. The van der Waals surface area contributed by atoms with Crippen LogP contribution in [0.25, 0.3) is 0 Å². The summed E-state index contributed by atoms with van der Waals surface area (Å²) < 4.78 is 25.9. The van der Waals surface area contributed by atoms with E-state index in [1.807, 2.05) is 13.8 Å². The summed E-state index contributed by atoms with van der Waals surface area (Å²) in [7, 11) is -3.99. The molecule has 0 aliphatic rings. The van der Waals surface area contributed by atoms with Crippen molar-refractivity contribution >= 4 is 44.8 Å². The van der Waals surface area contributed by atoms with Crippen LogP contribution in [0.15, 0.2) is 48.5 Å². The standard InChI is InChI=1S/C23H29ClN4O6S/c1-5-16(2)25-23(30)17(3)26(14-18-9-11-19(24)12-10-18)22(29)15-27(35(4,33)34)20-7-6-8-21(13-20)28(31)32/h6-13,16-17H,5,14-15H2,1-4H3,(H,25,30)/t16-,17-/m0/s1. The molecule has 2 rings (SSSR count). The molecule has 2 atom stereocenters. The molecule has 0 fully saturated rings. The van der Waals surface area contributed by atoms with Crippen LogP contribution in [-0.2, 0) is 26.2 Å². The van der Waals surface area contributed by atoms with Gasteiger partial charge in [0.25, 0.3) is 5.69 Å². The minimum atomic E-state index is -3.99. The van der Waals surface area contributed by atoms with E-state index in [1.54, 1.807) is 31.2 Å². The van der Waals surface area contributed by atoms with E-state index in [1.165, 1.54) is 23.1 Å². The highest BCUT2D eigenvalue weighted by atomic mass is 35.5. The Kier molecular flexibility index (Phi) is 9.61. The minimum absolute atomic E-state index is 0.0254. The number of nitrogens with zero attached hydrogens (tertiary/aromatic N) is 3. The lowest BCUT2D eigenvalue weighted by molar-refractivity contribution is -0.384. The van der Waals surface area contributed by atoms with Crippen LogP contribution in [0.5, 0.6) is 0 Å². The Hall–Kier alpha value is -3.18. The van der Waals surface area contributed by atoms with Crippen LogP contribution in [0.4, 0.5) is 11.4 Å². The van der Waals surface area contributed by atoms with Gasteiger partial charge in [-0.05, 0) is 44.0 Å². The molecule has 0 saturated carbocycles. The van der Waals surface area contributed by atoms with Crippen molar-refractivity contribution in [2.75, 3.05) is 17.1 Å². The second-order valence-corrected chi connectivity index (χ2v) is 10.5. The predicted octanol–water partition coefficient (Wildman–Crippen LogP) is 3.35. The normalized spacial score (nSPS) is 12.9. The van der Waals surface area contributed by atoms with Crippen molar-refractivity contribution in [3.05, 3.63) is 69.2 Å². The molecule has 12 heteroatoms. The van der Waals surface area contributed by atoms with E-state index in [0.717, 1.165) is 16.6 Å². The number of rotatable bonds is 11. The number of halogens is 1. The number of carbonyl (C=O) groups excluding carboxylic acids is 2. The maximum atomic E-state index is 13.4. The van der Waals surface area contributed by atoms with Crippen molar-refractivity contribution in [2.45, 2.75) is 45.8 Å². The van der Waals surface area contributed by atoms with Crippen molar-refractivity contribution in [1.29, 1.82) is 0 Å². The molecule has 0 spiro atoms. The summed E-state index contributed by atoms with van der Waals surface area (Å²) in [5.74, 6) is -1.04. The molecular weight excluding hydrogens is 496 g/mol. The molecule has 0 aromatic heterocycles. The van der Waals surface area contributed by atoms with Crippen LogP contribution in [0.3, 0.4) is 0 Å². The summed E-state index contributed by atoms with van der Waals surface area (Å²) in [4.78, 5) is 38.1. The first kappa shape index (κ1) is 28.1. The Balaban J connectivity index is 2.41. The zero-order valence-electron chi connectivity index (χ0n) is 20.0. The molecule has 2 aromatic rings. The van der Waals surface area contributed by atoms with Gasteiger partial charge in [-0.3, -0.25) is 24.0 Å². The largest absolute Gasteiger partial charge is 0.352 e. The van der Waals surface area contributed by atoms with Gasteiger partial charge < -0.3 is 10.2 Å². The molecule has 0 unspecified atom stereocenters. The van der Waals surface area contributed by atoms with Gasteiger partial charge in [0.05, 0.1) is 16.9 Å². The van der Waals surface area contributed by atoms with Gasteiger partial charge in [0.1, 0.15) is 12.6 Å². The Morgan fingerprint density at radius 1 is 1.14 bits per heavy atom. The number of nitro groups is 1. The molecule has 0 aliphatic heterocycles. The van der Waals surface area contributed by atoms with Gasteiger partial charge in [0, 0.05) is 29.7 Å². The van der Waals surface area contributed by atoms with Crippen LogP contribution in [0.1, 0.15) is 32.8 Å². The summed E-state index contributed by atoms with van der Waals surface area (Å²) in [6.07, 6.45) is 1.60. The first-order chi connectivity index (χ1) is 16.3. The third kappa shape index (κ3) is 7.93. The molecule has 0 radical (unpaired) electrons. The Bertz CT molecular complexity index is 1170. The summed E-state index contributed by atoms with van der Waals surface area (Å²) in [5, 5.41) is 14.5. The predicted molar refractivity (Wildman–Crippen MR) is 135 cm³/mol. The first-order valence-corrected chi connectivity index (χ1v) is 13.1. The highest BCUT2D eigenvalue weighted by Gasteiger charge is 2.30. The fraction of sp³-hybridized carbons (Fsp3) is 0.391. The van der Waals surface area contributed by atoms with Crippen LogP contribution < -0.4 is 9.62 Å². The fourth-order valence-corrected chi connectivity index (χ4v) is 4.18. The van der Waals surface area contributed by atoms with Gasteiger partial charge in [-0.25, -0.2) is 8.42 Å². The van der Waals surface area contributed by atoms with Crippen molar-refractivity contribution < 1.29 is 22.9 Å². The van der Waals surface area contributed by atoms with Crippen LogP contribution in [0, 0.1) is 10.1 Å². The van der Waals surface area contributed by atoms with Gasteiger partial charge in [0.15, 0.2) is 0 Å². The number of nitrogens with one attached hydrogen (secondary N) is 1. The highest BCUT2D eigenvalue weighted by molar-refractivity contribution is 7.92. The van der Waals surface area contributed by atoms with Crippen molar-refractivity contribution in [3.8, 4) is 0 Å². The lowest BCUT2D eigenvalue weighted by Crippen LogP contribution is -2.52. The third-order valence-electron chi connectivity index (χ3n) is 5.44. The maximum absolute atomic E-state index is 13.4. The molecule has 190 valence electrons. The minimum Gasteiger partial charge on any atom is -0.352 e. The van der Waals surface area contributed by atoms with E-state index >= 15 is 0 Å². The molecule has 10 nitrogen and oxygen atoms in total. The number of non-ortho nitro benzene ring substituents is 1. The van der Waals surface area contributed by atoms with Crippen molar-refractivity contribution in [2.24, 2.45) is 0 Å². The quantitative estimate of drug-likeness (QED) is 0.354. The van der Waals surface area contributed by atoms with E-state index < -0.39 is 33.4 Å². The summed E-state index contributed by atoms with van der Waals surface area (Å²) in [5.41, 5.74) is 0.341. The number of benzene rings is 2. The maximum Gasteiger partial charge on any atom is 0.271 e. The average Bonchev–Trinajstić information content (AvgIpc) is 2.80. The number of carbonyl (C=O) groups is 2. The lowest BCUT2D eigenvalue weighted by Gasteiger charge is -2.32. The van der Waals surface area contributed by atoms with Crippen LogP contribution >= 0.6 is 11.6 Å². The zero-order chi connectivity index (χ0) is 26.3.